The molecule has 0 saturated carbocycles. The molecule has 1 aromatic heterocycles. The van der Waals surface area contributed by atoms with Crippen LogP contribution in [0.15, 0.2) is 23.3 Å². The maximum Gasteiger partial charge on any atom is 0.195 e. The van der Waals surface area contributed by atoms with E-state index >= 15 is 0 Å². The molecule has 86 valence electrons. The Morgan fingerprint density at radius 2 is 2.50 bits per heavy atom. The summed E-state index contributed by atoms with van der Waals surface area (Å²) in [5, 5.41) is 3.77. The first-order valence-corrected chi connectivity index (χ1v) is 6.46. The lowest BCUT2D eigenvalue weighted by molar-refractivity contribution is 0.456. The van der Waals surface area contributed by atoms with Gasteiger partial charge in [-0.15, -0.1) is 11.8 Å². The third kappa shape index (κ3) is 2.80. The van der Waals surface area contributed by atoms with E-state index in [9.17, 15) is 0 Å². The number of hydrogen-bond acceptors (Lipinski definition) is 3. The van der Waals surface area contributed by atoms with Gasteiger partial charge < -0.3 is 10.2 Å². The number of guanidine groups is 1. The van der Waals surface area contributed by atoms with Crippen LogP contribution in [0.5, 0.6) is 0 Å². The van der Waals surface area contributed by atoms with Gasteiger partial charge in [-0.25, -0.2) is 4.98 Å². The van der Waals surface area contributed by atoms with Crippen molar-refractivity contribution in [1.29, 1.82) is 0 Å². The number of thioether (sulfide) groups is 1. The molecule has 0 radical (unpaired) electrons. The number of hydrogen-bond donors (Lipinski definition) is 1. The second-order valence-corrected chi connectivity index (χ2v) is 4.73. The van der Waals surface area contributed by atoms with Crippen LogP contribution in [-0.4, -0.2) is 34.6 Å². The molecule has 0 aromatic carbocycles. The molecule has 0 bridgehead atoms. The number of nitrogens with zero attached hydrogens (tertiary/aromatic N) is 3. The molecule has 4 nitrogen and oxygen atoms in total. The maximum atomic E-state index is 5.75. The molecule has 0 amide bonds. The van der Waals surface area contributed by atoms with Gasteiger partial charge in [0.2, 0.25) is 0 Å². The van der Waals surface area contributed by atoms with E-state index in [1.807, 2.05) is 23.9 Å². The molecule has 1 aromatic rings. The zero-order chi connectivity index (χ0) is 11.4. The van der Waals surface area contributed by atoms with Crippen molar-refractivity contribution in [2.24, 2.45) is 4.99 Å². The van der Waals surface area contributed by atoms with Crippen LogP contribution in [0.1, 0.15) is 5.56 Å². The molecule has 1 saturated heterocycles. The highest BCUT2D eigenvalue weighted by molar-refractivity contribution is 7.99. The molecule has 6 heteroatoms. The molecular formula is C10H13ClN4S. The Morgan fingerprint density at radius 3 is 3.19 bits per heavy atom. The molecule has 1 N–H and O–H groups in total. The lowest BCUT2D eigenvalue weighted by atomic mass is 10.3. The van der Waals surface area contributed by atoms with Crippen LogP contribution in [0.25, 0.3) is 0 Å². The normalized spacial score (nSPS) is 18.6. The fraction of sp³-hybridized carbons (Fsp3) is 0.400. The summed E-state index contributed by atoms with van der Waals surface area (Å²) in [5.41, 5.74) is 1.13. The molecule has 1 fully saturated rings. The number of pyridine rings is 1. The molecule has 2 heterocycles. The Balaban J connectivity index is 2.05. The first-order valence-electron chi connectivity index (χ1n) is 4.93. The van der Waals surface area contributed by atoms with Crippen LogP contribution in [0, 0.1) is 0 Å². The Morgan fingerprint density at radius 1 is 1.62 bits per heavy atom. The van der Waals surface area contributed by atoms with Crippen LogP contribution in [0.4, 0.5) is 0 Å². The smallest absolute Gasteiger partial charge is 0.195 e. The molecule has 0 unspecified atom stereocenters. The van der Waals surface area contributed by atoms with E-state index in [-0.39, 0.29) is 0 Å². The quantitative estimate of drug-likeness (QED) is 0.819. The third-order valence-corrected chi connectivity index (χ3v) is 3.32. The zero-order valence-electron chi connectivity index (χ0n) is 8.98. The minimum atomic E-state index is 0.527. The third-order valence-electron chi connectivity index (χ3n) is 2.25. The molecule has 0 spiro atoms. The summed E-state index contributed by atoms with van der Waals surface area (Å²) in [4.78, 5) is 10.5. The standard InChI is InChI=1S/C10H13ClN4S/c1-12-10-14-6-16-7-15(10)5-8-2-3-9(11)13-4-8/h2-4H,5-7H2,1H3,(H,12,14). The number of rotatable bonds is 2. The first-order chi connectivity index (χ1) is 7.79. The van der Waals surface area contributed by atoms with Gasteiger partial charge >= 0.3 is 0 Å². The van der Waals surface area contributed by atoms with E-state index in [0.717, 1.165) is 29.8 Å². The lowest BCUT2D eigenvalue weighted by Crippen LogP contribution is -2.44. The first kappa shape index (κ1) is 11.5. The van der Waals surface area contributed by atoms with Crippen molar-refractivity contribution in [3.05, 3.63) is 29.0 Å². The summed E-state index contributed by atoms with van der Waals surface area (Å²) in [5.74, 6) is 2.80. The molecule has 1 aliphatic heterocycles. The predicted molar refractivity (Wildman–Crippen MR) is 68.6 cm³/mol. The Labute approximate surface area is 104 Å². The SMILES string of the molecule is CN=C1NCSCN1Cc1ccc(Cl)nc1. The number of aromatic nitrogens is 1. The van der Waals surface area contributed by atoms with E-state index < -0.39 is 0 Å². The van der Waals surface area contributed by atoms with Crippen molar-refractivity contribution in [3.63, 3.8) is 0 Å². The number of aliphatic imine (C=N–C) groups is 1. The molecule has 0 atom stereocenters. The van der Waals surface area contributed by atoms with E-state index in [1.54, 1.807) is 13.2 Å². The van der Waals surface area contributed by atoms with Crippen LogP contribution >= 0.6 is 23.4 Å². The average molecular weight is 257 g/mol. The fourth-order valence-corrected chi connectivity index (χ4v) is 2.37. The monoisotopic (exact) mass is 256 g/mol. The van der Waals surface area contributed by atoms with E-state index in [4.69, 9.17) is 11.6 Å². The van der Waals surface area contributed by atoms with Crippen LogP contribution in [0.2, 0.25) is 5.15 Å². The highest BCUT2D eigenvalue weighted by Crippen LogP contribution is 2.14. The Kier molecular flexibility index (Phi) is 3.90. The largest absolute Gasteiger partial charge is 0.347 e. The van der Waals surface area contributed by atoms with Crippen molar-refractivity contribution in [1.82, 2.24) is 15.2 Å². The highest BCUT2D eigenvalue weighted by Gasteiger charge is 2.15. The lowest BCUT2D eigenvalue weighted by Gasteiger charge is -2.30. The van der Waals surface area contributed by atoms with Gasteiger partial charge in [0.1, 0.15) is 5.15 Å². The van der Waals surface area contributed by atoms with Crippen molar-refractivity contribution in [2.75, 3.05) is 18.8 Å². The van der Waals surface area contributed by atoms with Crippen molar-refractivity contribution < 1.29 is 0 Å². The minimum absolute atomic E-state index is 0.527. The van der Waals surface area contributed by atoms with E-state index in [2.05, 4.69) is 20.2 Å². The van der Waals surface area contributed by atoms with Crippen molar-refractivity contribution in [3.8, 4) is 0 Å². The second kappa shape index (κ2) is 5.41. The second-order valence-electron chi connectivity index (χ2n) is 3.39. The van der Waals surface area contributed by atoms with Crippen LogP contribution in [-0.2, 0) is 6.54 Å². The summed E-state index contributed by atoms with van der Waals surface area (Å²) >= 11 is 7.58. The van der Waals surface area contributed by atoms with Gasteiger partial charge in [0.25, 0.3) is 0 Å². The average Bonchev–Trinajstić information content (AvgIpc) is 2.33. The van der Waals surface area contributed by atoms with Gasteiger partial charge in [0.15, 0.2) is 5.96 Å². The molecule has 1 aliphatic rings. The minimum Gasteiger partial charge on any atom is -0.347 e. The Bertz CT molecular complexity index is 379. The summed E-state index contributed by atoms with van der Waals surface area (Å²) in [6.45, 7) is 0.802. The summed E-state index contributed by atoms with van der Waals surface area (Å²) in [6.07, 6.45) is 1.80. The summed E-state index contributed by atoms with van der Waals surface area (Å²) in [7, 11) is 1.80. The van der Waals surface area contributed by atoms with Crippen LogP contribution in [0.3, 0.4) is 0 Å². The van der Waals surface area contributed by atoms with Gasteiger partial charge in [-0.05, 0) is 11.6 Å². The number of halogens is 1. The zero-order valence-corrected chi connectivity index (χ0v) is 10.6. The fourth-order valence-electron chi connectivity index (χ4n) is 1.51. The van der Waals surface area contributed by atoms with Crippen molar-refractivity contribution >= 4 is 29.3 Å². The molecule has 2 rings (SSSR count). The van der Waals surface area contributed by atoms with E-state index in [0.29, 0.717) is 5.15 Å². The number of nitrogens with one attached hydrogen (secondary N) is 1. The van der Waals surface area contributed by atoms with E-state index in [1.165, 1.54) is 0 Å². The van der Waals surface area contributed by atoms with Gasteiger partial charge in [-0.2, -0.15) is 0 Å². The highest BCUT2D eigenvalue weighted by atomic mass is 35.5. The maximum absolute atomic E-state index is 5.75. The molecular weight excluding hydrogens is 244 g/mol. The topological polar surface area (TPSA) is 40.5 Å². The van der Waals surface area contributed by atoms with Gasteiger partial charge in [0, 0.05) is 19.8 Å². The molecule has 0 aliphatic carbocycles. The van der Waals surface area contributed by atoms with Crippen LogP contribution < -0.4 is 5.32 Å². The predicted octanol–water partition coefficient (Wildman–Crippen LogP) is 1.77. The molecule has 16 heavy (non-hydrogen) atoms. The van der Waals surface area contributed by atoms with Gasteiger partial charge in [-0.1, -0.05) is 17.7 Å². The van der Waals surface area contributed by atoms with Crippen molar-refractivity contribution in [2.45, 2.75) is 6.54 Å². The summed E-state index contributed by atoms with van der Waals surface area (Å²) in [6, 6.07) is 3.80. The van der Waals surface area contributed by atoms with Gasteiger partial charge in [-0.3, -0.25) is 4.99 Å². The Hall–Kier alpha value is -0.940. The van der Waals surface area contributed by atoms with Gasteiger partial charge in [0.05, 0.1) is 11.8 Å². The summed E-state index contributed by atoms with van der Waals surface area (Å²) < 4.78 is 0.